The third-order valence-electron chi connectivity index (χ3n) is 8.60. The minimum Gasteiger partial charge on any atom is -0.168 e. The third-order valence-corrected chi connectivity index (χ3v) is 11.1. The summed E-state index contributed by atoms with van der Waals surface area (Å²) in [4.78, 5) is 0. The summed E-state index contributed by atoms with van der Waals surface area (Å²) >= 11 is 3.36. The first-order chi connectivity index (χ1) is 23.7. The Hall–Kier alpha value is -2.59. The second-order valence-corrected chi connectivity index (χ2v) is 15.7. The molecule has 8 aromatic rings. The Balaban J connectivity index is 0.000000162. The van der Waals surface area contributed by atoms with Crippen molar-refractivity contribution in [3.8, 4) is 0 Å². The van der Waals surface area contributed by atoms with Gasteiger partial charge in [-0.25, -0.2) is 0 Å². The van der Waals surface area contributed by atoms with Crippen LogP contribution in [0.1, 0.15) is 51.4 Å². The summed E-state index contributed by atoms with van der Waals surface area (Å²) in [5.41, 5.74) is 0. The monoisotopic (exact) mass is 846 g/mol. The Kier molecular flexibility index (Phi) is 19.9. The van der Waals surface area contributed by atoms with E-state index < -0.39 is 0 Å². The average molecular weight is 850 g/mol. The van der Waals surface area contributed by atoms with Crippen molar-refractivity contribution in [3.63, 3.8) is 0 Å². The Morgan fingerprint density at radius 1 is 0.320 bits per heavy atom. The van der Waals surface area contributed by atoms with Crippen LogP contribution in [0.2, 0.25) is 0 Å². The van der Waals surface area contributed by atoms with Gasteiger partial charge in [-0.2, -0.15) is 70.1 Å². The number of rotatable bonds is 0. The van der Waals surface area contributed by atoms with Crippen LogP contribution >= 0.6 is 0 Å². The van der Waals surface area contributed by atoms with Gasteiger partial charge in [0, 0.05) is 0 Å². The van der Waals surface area contributed by atoms with E-state index in [2.05, 4.69) is 170 Å². The third kappa shape index (κ3) is 14.2. The zero-order valence-electron chi connectivity index (χ0n) is 28.6. The van der Waals surface area contributed by atoms with Crippen LogP contribution in [0.3, 0.4) is 0 Å². The van der Waals surface area contributed by atoms with Crippen LogP contribution in [-0.2, 0) is 48.5 Å². The number of halogens is 2. The molecule has 0 saturated heterocycles. The standard InChI is InChI=1S/4C9H7.2C5H8.2ClH.2Zr/c4*1-2-5-9-7-3-6-8(9)4-1;2*1-2-4-5-3-1;;;;/h4*1-7H;2*1-4H2;2*1H;;/q4*-1;;;;;2*+2/p-2. The van der Waals surface area contributed by atoms with Crippen molar-refractivity contribution < 1.29 is 73.3 Å². The van der Waals surface area contributed by atoms with Crippen molar-refractivity contribution in [2.45, 2.75) is 51.4 Å². The Labute approximate surface area is 340 Å². The molecule has 2 aliphatic carbocycles. The quantitative estimate of drug-likeness (QED) is 0.148. The number of fused-ring (bicyclic) bond motifs is 4. The van der Waals surface area contributed by atoms with Crippen molar-refractivity contribution in [2.75, 3.05) is 0 Å². The Bertz CT molecular complexity index is 1680. The van der Waals surface area contributed by atoms with Crippen LogP contribution in [0, 0.1) is 0 Å². The molecule has 0 aliphatic heterocycles. The molecule has 252 valence electrons. The molecule has 0 radical (unpaired) electrons. The predicted octanol–water partition coefficient (Wildman–Crippen LogP) is 6.80. The SMILES string of the molecule is [Cl-].[Cl-].[Zr+2]=[C]1CCCC1.[Zr+2]=[C]1CCCC1.c1ccc2[cH-]ccc2c1.c1ccc2[cH-]ccc2c1.c1ccc2[cH-]ccc2c1.c1ccc2[cH-]ccc2c1. The summed E-state index contributed by atoms with van der Waals surface area (Å²) in [5.74, 6) is 0. The van der Waals surface area contributed by atoms with Gasteiger partial charge in [0.05, 0.1) is 0 Å². The van der Waals surface area contributed by atoms with E-state index in [-0.39, 0.29) is 24.8 Å². The molecule has 0 bridgehead atoms. The van der Waals surface area contributed by atoms with E-state index in [1.165, 1.54) is 94.5 Å². The molecule has 0 heterocycles. The number of hydrogen-bond acceptors (Lipinski definition) is 0. The fraction of sp³-hybridized carbons (Fsp3) is 0.174. The molecule has 4 heteroatoms. The maximum Gasteiger partial charge on any atom is -0.0809 e. The summed E-state index contributed by atoms with van der Waals surface area (Å²) in [5, 5.41) is 10.6. The first kappa shape index (κ1) is 41.8. The molecule has 10 rings (SSSR count). The van der Waals surface area contributed by atoms with Crippen molar-refractivity contribution in [2.24, 2.45) is 0 Å². The molecule has 0 spiro atoms. The van der Waals surface area contributed by atoms with Crippen molar-refractivity contribution >= 4 is 49.5 Å². The summed E-state index contributed by atoms with van der Waals surface area (Å²) in [7, 11) is 0. The predicted molar refractivity (Wildman–Crippen MR) is 205 cm³/mol. The van der Waals surface area contributed by atoms with E-state index in [9.17, 15) is 0 Å². The summed E-state index contributed by atoms with van der Waals surface area (Å²) in [6.45, 7) is 0. The molecule has 2 saturated carbocycles. The second kappa shape index (κ2) is 23.8. The van der Waals surface area contributed by atoms with Gasteiger partial charge in [-0.1, -0.05) is 24.3 Å². The molecular weight excluding hydrogens is 806 g/mol. The molecule has 0 unspecified atom stereocenters. The molecule has 0 amide bonds. The van der Waals surface area contributed by atoms with Crippen molar-refractivity contribution in [1.82, 2.24) is 0 Å². The van der Waals surface area contributed by atoms with Crippen molar-refractivity contribution in [1.29, 1.82) is 0 Å². The molecule has 0 N–H and O–H groups in total. The minimum atomic E-state index is 0. The summed E-state index contributed by atoms with van der Waals surface area (Å²) in [6, 6.07) is 58.7. The van der Waals surface area contributed by atoms with Crippen LogP contribution < -0.4 is 24.8 Å². The minimum absolute atomic E-state index is 0. The van der Waals surface area contributed by atoms with E-state index in [1.807, 2.05) is 0 Å². The zero-order valence-corrected chi connectivity index (χ0v) is 35.0. The normalized spacial score (nSPS) is 12.8. The average Bonchev–Trinajstić information content (AvgIpc) is 3.99. The second-order valence-electron chi connectivity index (χ2n) is 12.2. The number of hydrogen-bond donors (Lipinski definition) is 0. The molecule has 8 aromatic carbocycles. The van der Waals surface area contributed by atoms with Gasteiger partial charge in [-0.05, 0) is 0 Å². The maximum atomic E-state index is 2.12. The fourth-order valence-corrected chi connectivity index (χ4v) is 7.62. The van der Waals surface area contributed by atoms with E-state index >= 15 is 0 Å². The molecule has 50 heavy (non-hydrogen) atoms. The smallest absolute Gasteiger partial charge is 0.0809 e. The molecule has 0 nitrogen and oxygen atoms in total. The van der Waals surface area contributed by atoms with E-state index in [1.54, 1.807) is 54.9 Å². The van der Waals surface area contributed by atoms with Crippen molar-refractivity contribution in [3.05, 3.63) is 170 Å². The molecular formula is C46H44Cl2Zr2-2. The molecule has 0 atom stereocenters. The Morgan fingerprint density at radius 2 is 0.540 bits per heavy atom. The summed E-state index contributed by atoms with van der Waals surface area (Å²) in [6.07, 6.45) is 11.7. The topological polar surface area (TPSA) is 0 Å². The largest absolute Gasteiger partial charge is 0.168 e. The van der Waals surface area contributed by atoms with Gasteiger partial charge >= 0.3 is 106 Å². The van der Waals surface area contributed by atoms with Gasteiger partial charge < -0.3 is 24.8 Å². The fourth-order valence-electron chi connectivity index (χ4n) is 5.88. The van der Waals surface area contributed by atoms with Crippen LogP contribution in [-0.4, -0.2) is 6.41 Å². The maximum absolute atomic E-state index is 2.12. The van der Waals surface area contributed by atoms with Crippen LogP contribution in [0.25, 0.3) is 43.1 Å². The number of benzene rings is 4. The van der Waals surface area contributed by atoms with Gasteiger partial charge in [0.15, 0.2) is 0 Å². The van der Waals surface area contributed by atoms with Gasteiger partial charge in [-0.3, -0.25) is 0 Å². The van der Waals surface area contributed by atoms with Gasteiger partial charge in [0.2, 0.25) is 0 Å². The Morgan fingerprint density at radius 3 is 0.720 bits per heavy atom. The van der Waals surface area contributed by atoms with Crippen LogP contribution in [0.4, 0.5) is 0 Å². The van der Waals surface area contributed by atoms with Crippen LogP contribution in [0.5, 0.6) is 0 Å². The van der Waals surface area contributed by atoms with Crippen LogP contribution in [0.15, 0.2) is 170 Å². The van der Waals surface area contributed by atoms with E-state index in [0.717, 1.165) is 0 Å². The molecule has 0 aromatic heterocycles. The summed E-state index contributed by atoms with van der Waals surface area (Å²) < 4.78 is 3.59. The van der Waals surface area contributed by atoms with Gasteiger partial charge in [0.25, 0.3) is 0 Å². The first-order valence-electron chi connectivity index (χ1n) is 17.2. The zero-order chi connectivity index (χ0) is 33.2. The first-order valence-corrected chi connectivity index (χ1v) is 19.7. The van der Waals surface area contributed by atoms with Gasteiger partial charge in [-0.15, -0.1) is 119 Å². The van der Waals surface area contributed by atoms with E-state index in [0.29, 0.717) is 0 Å². The van der Waals surface area contributed by atoms with Gasteiger partial charge in [0.1, 0.15) is 0 Å². The molecule has 2 fully saturated rings. The van der Waals surface area contributed by atoms with E-state index in [4.69, 9.17) is 0 Å². The molecule has 2 aliphatic rings.